The molecule has 2 N–H and O–H groups in total. The standard InChI is InChI=1S/C21H20N2O5S3/c24-11(25)4-1-5-23-19(26)13-8-7-9(14(13)20(23)27)16-12(8)15(10-3-2-6-29-10)17-18(30-16)22-21(28)31-17/h2-3,6,8-9,12-16H,1,4-5,7H2,(H,22,28)(H,24,25)/t8-,9+,12+,13+,14+,15-,16-/m0/s1. The van der Waals surface area contributed by atoms with Crippen LogP contribution in [0.4, 0.5) is 0 Å². The van der Waals surface area contributed by atoms with E-state index >= 15 is 0 Å². The minimum absolute atomic E-state index is 0.0473. The minimum Gasteiger partial charge on any atom is -0.481 e. The quantitative estimate of drug-likeness (QED) is 0.643. The monoisotopic (exact) mass is 476 g/mol. The molecule has 0 spiro atoms. The molecule has 0 aromatic carbocycles. The predicted molar refractivity (Wildman–Crippen MR) is 116 cm³/mol. The molecule has 10 heteroatoms. The number of hydrogen-bond acceptors (Lipinski definition) is 7. The smallest absolute Gasteiger partial charge is 0.305 e. The first-order valence-electron chi connectivity index (χ1n) is 10.5. The van der Waals surface area contributed by atoms with Crippen LogP contribution < -0.4 is 4.87 Å². The number of amides is 2. The Morgan fingerprint density at radius 1 is 1.19 bits per heavy atom. The average Bonchev–Trinajstić information content (AvgIpc) is 3.51. The molecule has 6 rings (SSSR count). The number of nitrogens with one attached hydrogen (secondary N) is 1. The van der Waals surface area contributed by atoms with Gasteiger partial charge in [0.2, 0.25) is 11.8 Å². The van der Waals surface area contributed by atoms with Gasteiger partial charge in [-0.3, -0.25) is 24.1 Å². The van der Waals surface area contributed by atoms with E-state index in [0.29, 0.717) is 6.42 Å². The van der Waals surface area contributed by atoms with Crippen LogP contribution in [0.25, 0.3) is 0 Å². The Kier molecular flexibility index (Phi) is 4.49. The predicted octanol–water partition coefficient (Wildman–Crippen LogP) is 2.84. The van der Waals surface area contributed by atoms with Crippen molar-refractivity contribution in [2.24, 2.45) is 29.6 Å². The number of carbonyl (C=O) groups excluding carboxylic acids is 2. The first-order valence-corrected chi connectivity index (χ1v) is 13.0. The third kappa shape index (κ3) is 2.77. The number of likely N-dealkylation sites (tertiary alicyclic amines) is 1. The number of imide groups is 1. The van der Waals surface area contributed by atoms with E-state index in [4.69, 9.17) is 5.11 Å². The summed E-state index contributed by atoms with van der Waals surface area (Å²) in [5, 5.41) is 12.1. The zero-order valence-electron chi connectivity index (χ0n) is 16.4. The van der Waals surface area contributed by atoms with Crippen molar-refractivity contribution < 1.29 is 19.5 Å². The SMILES string of the molecule is O=C(O)CCCN1C(=O)[C@@H]2[C@H]3C[C@@H]([C@@H]4Sc5[nH]c(=O)sc5[C@@H](c5cccs5)[C@@H]34)[C@H]2C1=O. The second-order valence-corrected chi connectivity index (χ2v) is 12.0. The molecule has 2 aromatic rings. The third-order valence-corrected chi connectivity index (χ3v) is 11.0. The molecule has 2 aliphatic heterocycles. The summed E-state index contributed by atoms with van der Waals surface area (Å²) in [6.45, 7) is 0.188. The van der Waals surface area contributed by atoms with Crippen molar-refractivity contribution >= 4 is 52.2 Å². The van der Waals surface area contributed by atoms with Gasteiger partial charge in [-0.15, -0.1) is 23.1 Å². The summed E-state index contributed by atoms with van der Waals surface area (Å²) in [6, 6.07) is 4.13. The Hall–Kier alpha value is -1.91. The maximum absolute atomic E-state index is 13.3. The van der Waals surface area contributed by atoms with E-state index in [2.05, 4.69) is 11.1 Å². The van der Waals surface area contributed by atoms with E-state index < -0.39 is 5.97 Å². The first-order chi connectivity index (χ1) is 15.0. The molecule has 4 heterocycles. The van der Waals surface area contributed by atoms with E-state index in [1.807, 2.05) is 11.4 Å². The number of nitrogens with zero attached hydrogens (tertiary/aromatic N) is 1. The molecule has 7 atom stereocenters. The lowest BCUT2D eigenvalue weighted by Gasteiger charge is -2.42. The van der Waals surface area contributed by atoms with Gasteiger partial charge in [0.25, 0.3) is 0 Å². The number of aliphatic carboxylic acids is 1. The fourth-order valence-electron chi connectivity index (χ4n) is 6.47. The highest BCUT2D eigenvalue weighted by Crippen LogP contribution is 2.68. The number of fused-ring (bicyclic) bond motifs is 9. The van der Waals surface area contributed by atoms with Gasteiger partial charge in [-0.25, -0.2) is 0 Å². The molecule has 1 saturated heterocycles. The summed E-state index contributed by atoms with van der Waals surface area (Å²) in [5.74, 6) is -1.21. The summed E-state index contributed by atoms with van der Waals surface area (Å²) >= 11 is 4.64. The molecule has 0 radical (unpaired) electrons. The van der Waals surface area contributed by atoms with Crippen molar-refractivity contribution in [3.05, 3.63) is 36.9 Å². The van der Waals surface area contributed by atoms with Gasteiger partial charge in [0, 0.05) is 33.9 Å². The van der Waals surface area contributed by atoms with Gasteiger partial charge < -0.3 is 10.1 Å². The number of H-pyrrole nitrogens is 1. The topological polar surface area (TPSA) is 108 Å². The van der Waals surface area contributed by atoms with Gasteiger partial charge in [0.1, 0.15) is 0 Å². The highest BCUT2D eigenvalue weighted by molar-refractivity contribution is 8.00. The molecule has 4 aliphatic rings. The van der Waals surface area contributed by atoms with Crippen LogP contribution in [-0.4, -0.2) is 44.6 Å². The van der Waals surface area contributed by atoms with Crippen molar-refractivity contribution in [2.75, 3.05) is 6.54 Å². The Morgan fingerprint density at radius 2 is 1.97 bits per heavy atom. The van der Waals surface area contributed by atoms with Crippen molar-refractivity contribution in [1.29, 1.82) is 0 Å². The van der Waals surface area contributed by atoms with E-state index in [9.17, 15) is 19.2 Å². The van der Waals surface area contributed by atoms with Gasteiger partial charge in [-0.2, -0.15) is 0 Å². The van der Waals surface area contributed by atoms with Crippen LogP contribution in [0.2, 0.25) is 0 Å². The Balaban J connectivity index is 1.36. The minimum atomic E-state index is -0.916. The first kappa shape index (κ1) is 19.8. The van der Waals surface area contributed by atoms with Crippen LogP contribution in [0.3, 0.4) is 0 Å². The molecule has 7 nitrogen and oxygen atoms in total. The van der Waals surface area contributed by atoms with Crippen molar-refractivity contribution in [2.45, 2.75) is 35.5 Å². The molecule has 162 valence electrons. The lowest BCUT2D eigenvalue weighted by Crippen LogP contribution is -2.42. The van der Waals surface area contributed by atoms with Gasteiger partial charge in [-0.05, 0) is 42.0 Å². The number of carboxylic acids is 1. The molecule has 2 amide bonds. The average molecular weight is 477 g/mol. The Morgan fingerprint density at radius 3 is 2.68 bits per heavy atom. The van der Waals surface area contributed by atoms with E-state index in [1.165, 1.54) is 21.1 Å². The van der Waals surface area contributed by atoms with Crippen molar-refractivity contribution in [3.8, 4) is 0 Å². The van der Waals surface area contributed by atoms with Crippen LogP contribution in [0, 0.1) is 29.6 Å². The maximum Gasteiger partial charge on any atom is 0.305 e. The molecule has 3 fully saturated rings. The third-order valence-electron chi connectivity index (χ3n) is 7.44. The van der Waals surface area contributed by atoms with Crippen LogP contribution in [0.5, 0.6) is 0 Å². The number of rotatable bonds is 5. The van der Waals surface area contributed by atoms with E-state index in [0.717, 1.165) is 16.3 Å². The largest absolute Gasteiger partial charge is 0.481 e. The highest BCUT2D eigenvalue weighted by Gasteiger charge is 2.69. The van der Waals surface area contributed by atoms with Gasteiger partial charge >= 0.3 is 10.8 Å². The van der Waals surface area contributed by atoms with E-state index in [1.54, 1.807) is 23.1 Å². The number of aromatic nitrogens is 1. The Bertz CT molecular complexity index is 1140. The maximum atomic E-state index is 13.3. The zero-order chi connectivity index (χ0) is 21.4. The fourth-order valence-corrected chi connectivity index (χ4v) is 10.3. The number of thiophene rings is 1. The second-order valence-electron chi connectivity index (χ2n) is 8.80. The molecule has 31 heavy (non-hydrogen) atoms. The molecule has 2 saturated carbocycles. The summed E-state index contributed by atoms with van der Waals surface area (Å²) in [6.07, 6.45) is 1.12. The zero-order valence-corrected chi connectivity index (χ0v) is 18.8. The van der Waals surface area contributed by atoms with Crippen LogP contribution in [-0.2, 0) is 14.4 Å². The number of carbonyl (C=O) groups is 3. The second kappa shape index (κ2) is 7.05. The van der Waals surface area contributed by atoms with Gasteiger partial charge in [-0.1, -0.05) is 17.4 Å². The summed E-state index contributed by atoms with van der Waals surface area (Å²) in [4.78, 5) is 56.0. The van der Waals surface area contributed by atoms with Gasteiger partial charge in [0.15, 0.2) is 0 Å². The molecular formula is C21H20N2O5S3. The summed E-state index contributed by atoms with van der Waals surface area (Å²) < 4.78 is 0. The number of aromatic amines is 1. The lowest BCUT2D eigenvalue weighted by molar-refractivity contribution is -0.142. The highest BCUT2D eigenvalue weighted by atomic mass is 32.2. The lowest BCUT2D eigenvalue weighted by atomic mass is 9.69. The number of carboxylic acid groups (broad SMARTS) is 1. The van der Waals surface area contributed by atoms with Crippen molar-refractivity contribution in [3.63, 3.8) is 0 Å². The summed E-state index contributed by atoms with van der Waals surface area (Å²) in [5.41, 5.74) is 0. The molecule has 2 aromatic heterocycles. The number of hydrogen-bond donors (Lipinski definition) is 2. The summed E-state index contributed by atoms with van der Waals surface area (Å²) in [7, 11) is 0. The van der Waals surface area contributed by atoms with Crippen LogP contribution in [0.1, 0.15) is 34.9 Å². The normalized spacial score (nSPS) is 35.4. The van der Waals surface area contributed by atoms with E-state index in [-0.39, 0.29) is 70.4 Å². The number of thioether (sulfide) groups is 1. The van der Waals surface area contributed by atoms with Crippen LogP contribution in [0.15, 0.2) is 27.3 Å². The number of thiazole rings is 1. The van der Waals surface area contributed by atoms with Crippen molar-refractivity contribution in [1.82, 2.24) is 9.88 Å². The molecular weight excluding hydrogens is 456 g/mol. The van der Waals surface area contributed by atoms with Gasteiger partial charge in [0.05, 0.1) is 16.9 Å². The fraction of sp³-hybridized carbons (Fsp3) is 0.524. The molecule has 2 aliphatic carbocycles. The molecule has 2 bridgehead atoms. The van der Waals surface area contributed by atoms with Crippen LogP contribution >= 0.6 is 34.4 Å². The Labute approximate surface area is 189 Å². The molecule has 0 unspecified atom stereocenters.